The van der Waals surface area contributed by atoms with E-state index in [1.807, 2.05) is 0 Å². The van der Waals surface area contributed by atoms with E-state index in [-0.39, 0.29) is 0 Å². The summed E-state index contributed by atoms with van der Waals surface area (Å²) < 4.78 is 0. The van der Waals surface area contributed by atoms with E-state index in [1.165, 1.54) is 23.7 Å². The molecule has 0 fully saturated rings. The van der Waals surface area contributed by atoms with Crippen LogP contribution in [0.2, 0.25) is 0 Å². The molecular weight excluding hydrogens is 211 g/mol. The van der Waals surface area contributed by atoms with Crippen molar-refractivity contribution in [3.63, 3.8) is 0 Å². The second-order valence-corrected chi connectivity index (χ2v) is 7.14. The average Bonchev–Trinajstić information content (AvgIpc) is 2.17. The fourth-order valence-electron chi connectivity index (χ4n) is 2.74. The van der Waals surface area contributed by atoms with Crippen LogP contribution < -0.4 is 5.30 Å². The van der Waals surface area contributed by atoms with Gasteiger partial charge in [0.15, 0.2) is 0 Å². The van der Waals surface area contributed by atoms with Crippen LogP contribution in [0.25, 0.3) is 0 Å². The third-order valence-electron chi connectivity index (χ3n) is 4.24. The molecule has 1 heteroatoms. The van der Waals surface area contributed by atoms with Gasteiger partial charge in [0.1, 0.15) is 0 Å². The lowest BCUT2D eigenvalue weighted by Crippen LogP contribution is -2.34. The number of aryl methyl sites for hydroxylation is 1. The van der Waals surface area contributed by atoms with Gasteiger partial charge in [-0.2, -0.15) is 0 Å². The Bertz CT molecular complexity index is 386. The first kappa shape index (κ1) is 12.1. The summed E-state index contributed by atoms with van der Waals surface area (Å²) in [4.78, 5) is 0. The molecule has 0 aliphatic heterocycles. The Morgan fingerprint density at radius 2 is 1.38 bits per heavy atom. The van der Waals surface area contributed by atoms with E-state index in [1.54, 1.807) is 11.1 Å². The summed E-state index contributed by atoms with van der Waals surface area (Å²) in [6.45, 7) is 11.7. The van der Waals surface area contributed by atoms with Gasteiger partial charge < -0.3 is 0 Å². The van der Waals surface area contributed by atoms with Crippen molar-refractivity contribution in [1.82, 2.24) is 0 Å². The van der Waals surface area contributed by atoms with Crippen LogP contribution in [-0.4, -0.2) is 0 Å². The molecule has 0 radical (unpaired) electrons. The van der Waals surface area contributed by atoms with Crippen molar-refractivity contribution >= 4 is 14.5 Å². The molecule has 1 aromatic carbocycles. The van der Waals surface area contributed by atoms with E-state index in [0.29, 0.717) is 10.8 Å². The summed E-state index contributed by atoms with van der Waals surface area (Å²) in [5.74, 6) is 0. The molecule has 1 atom stereocenters. The van der Waals surface area contributed by atoms with Crippen LogP contribution in [0.3, 0.4) is 0 Å². The van der Waals surface area contributed by atoms with Crippen molar-refractivity contribution < 1.29 is 0 Å². The molecule has 0 heterocycles. The maximum atomic E-state index is 2.87. The zero-order valence-electron chi connectivity index (χ0n) is 11.1. The van der Waals surface area contributed by atoms with E-state index < -0.39 is 0 Å². The zero-order valence-corrected chi connectivity index (χ0v) is 12.3. The Morgan fingerprint density at radius 1 is 0.938 bits per heavy atom. The summed E-state index contributed by atoms with van der Waals surface area (Å²) >= 11 is 0. The fourth-order valence-corrected chi connectivity index (χ4v) is 2.99. The maximum absolute atomic E-state index is 2.87. The van der Waals surface area contributed by atoms with Crippen LogP contribution in [0.15, 0.2) is 12.1 Å². The van der Waals surface area contributed by atoms with Gasteiger partial charge in [-0.1, -0.05) is 39.8 Å². The molecule has 0 aromatic heterocycles. The standard InChI is InChI=1S/C15H23P/c1-10-8-11-12(9-13(10)16)15(4,5)7-6-14(11,2)3/h8-9H,6-7,16H2,1-5H3. The monoisotopic (exact) mass is 234 g/mol. The first-order valence-corrected chi connectivity index (χ1v) is 6.73. The molecule has 0 bridgehead atoms. The van der Waals surface area contributed by atoms with E-state index in [4.69, 9.17) is 0 Å². The van der Waals surface area contributed by atoms with Gasteiger partial charge in [-0.25, -0.2) is 0 Å². The van der Waals surface area contributed by atoms with E-state index in [9.17, 15) is 0 Å². The predicted octanol–water partition coefficient (Wildman–Crippen LogP) is 3.84. The summed E-state index contributed by atoms with van der Waals surface area (Å²) in [6, 6.07) is 4.79. The SMILES string of the molecule is Cc1cc2c(cc1P)C(C)(C)CCC2(C)C. The third-order valence-corrected chi connectivity index (χ3v) is 4.86. The topological polar surface area (TPSA) is 0 Å². The Kier molecular flexibility index (Phi) is 2.70. The highest BCUT2D eigenvalue weighted by molar-refractivity contribution is 7.27. The van der Waals surface area contributed by atoms with Crippen LogP contribution >= 0.6 is 9.24 Å². The lowest BCUT2D eigenvalue weighted by molar-refractivity contribution is 0.332. The highest BCUT2D eigenvalue weighted by Gasteiger charge is 2.37. The van der Waals surface area contributed by atoms with Crippen LogP contribution in [-0.2, 0) is 10.8 Å². The number of rotatable bonds is 0. The van der Waals surface area contributed by atoms with Gasteiger partial charge in [-0.15, -0.1) is 9.24 Å². The van der Waals surface area contributed by atoms with E-state index in [2.05, 4.69) is 56.0 Å². The van der Waals surface area contributed by atoms with Crippen LogP contribution in [0, 0.1) is 6.92 Å². The highest BCUT2D eigenvalue weighted by atomic mass is 31.0. The minimum atomic E-state index is 0.337. The zero-order chi connectivity index (χ0) is 12.1. The first-order valence-electron chi connectivity index (χ1n) is 6.15. The molecule has 1 unspecified atom stereocenters. The van der Waals surface area contributed by atoms with Crippen LogP contribution in [0.5, 0.6) is 0 Å². The Hall–Kier alpha value is -0.350. The smallest absolute Gasteiger partial charge is 0.0100 e. The van der Waals surface area contributed by atoms with Crippen molar-refractivity contribution in [1.29, 1.82) is 0 Å². The Balaban J connectivity index is 2.70. The van der Waals surface area contributed by atoms with Crippen molar-refractivity contribution in [3.05, 3.63) is 28.8 Å². The molecule has 0 N–H and O–H groups in total. The second-order valence-electron chi connectivity index (χ2n) is 6.52. The largest absolute Gasteiger partial charge is 0.105 e. The minimum Gasteiger partial charge on any atom is -0.105 e. The fraction of sp³-hybridized carbons (Fsp3) is 0.600. The number of benzene rings is 1. The van der Waals surface area contributed by atoms with E-state index in [0.717, 1.165) is 0 Å². The molecule has 16 heavy (non-hydrogen) atoms. The van der Waals surface area contributed by atoms with Gasteiger partial charge in [0, 0.05) is 0 Å². The lowest BCUT2D eigenvalue weighted by Gasteiger charge is -2.42. The highest BCUT2D eigenvalue weighted by Crippen LogP contribution is 2.45. The summed E-state index contributed by atoms with van der Waals surface area (Å²) in [6.07, 6.45) is 2.59. The molecule has 1 aliphatic carbocycles. The third kappa shape index (κ3) is 1.82. The van der Waals surface area contributed by atoms with Crippen LogP contribution in [0.4, 0.5) is 0 Å². The second kappa shape index (κ2) is 3.57. The summed E-state index contributed by atoms with van der Waals surface area (Å²) in [5, 5.41) is 1.35. The molecule has 0 spiro atoms. The molecular formula is C15H23P. The minimum absolute atomic E-state index is 0.337. The number of hydrogen-bond acceptors (Lipinski definition) is 0. The Labute approximate surface area is 102 Å². The maximum Gasteiger partial charge on any atom is -0.0100 e. The molecule has 0 saturated carbocycles. The van der Waals surface area contributed by atoms with Gasteiger partial charge in [0.05, 0.1) is 0 Å². The molecule has 2 rings (SSSR count). The van der Waals surface area contributed by atoms with Crippen molar-refractivity contribution in [2.24, 2.45) is 0 Å². The molecule has 1 aliphatic rings. The number of fused-ring (bicyclic) bond motifs is 1. The molecule has 0 amide bonds. The molecule has 0 saturated heterocycles. The van der Waals surface area contributed by atoms with Gasteiger partial charge >= 0.3 is 0 Å². The normalized spacial score (nSPS) is 21.6. The van der Waals surface area contributed by atoms with Gasteiger partial charge in [0.2, 0.25) is 0 Å². The van der Waals surface area contributed by atoms with Crippen molar-refractivity contribution in [2.45, 2.75) is 58.3 Å². The quantitative estimate of drug-likeness (QED) is 0.598. The van der Waals surface area contributed by atoms with E-state index >= 15 is 0 Å². The Morgan fingerprint density at radius 3 is 1.88 bits per heavy atom. The number of hydrogen-bond donors (Lipinski definition) is 0. The van der Waals surface area contributed by atoms with Gasteiger partial charge in [-0.3, -0.25) is 0 Å². The molecule has 0 nitrogen and oxygen atoms in total. The van der Waals surface area contributed by atoms with Crippen molar-refractivity contribution in [3.8, 4) is 0 Å². The predicted molar refractivity (Wildman–Crippen MR) is 75.8 cm³/mol. The average molecular weight is 234 g/mol. The lowest BCUT2D eigenvalue weighted by atomic mass is 9.63. The summed E-state index contributed by atoms with van der Waals surface area (Å²) in [5.41, 5.74) is 5.19. The summed E-state index contributed by atoms with van der Waals surface area (Å²) in [7, 11) is 2.87. The first-order chi connectivity index (χ1) is 7.24. The van der Waals surface area contributed by atoms with Gasteiger partial charge in [0.25, 0.3) is 0 Å². The molecule has 1 aromatic rings. The van der Waals surface area contributed by atoms with Crippen molar-refractivity contribution in [2.75, 3.05) is 0 Å². The molecule has 88 valence electrons. The van der Waals surface area contributed by atoms with Crippen LogP contribution in [0.1, 0.15) is 57.2 Å². The van der Waals surface area contributed by atoms with Gasteiger partial charge in [-0.05, 0) is 52.6 Å².